The maximum absolute atomic E-state index is 12.4. The zero-order valence-corrected chi connectivity index (χ0v) is 14.1. The minimum absolute atomic E-state index is 0.393. The van der Waals surface area contributed by atoms with Gasteiger partial charge in [0.15, 0.2) is 0 Å². The van der Waals surface area contributed by atoms with Crippen molar-refractivity contribution in [3.8, 4) is 0 Å². The van der Waals surface area contributed by atoms with E-state index in [1.807, 2.05) is 37.3 Å². The Kier molecular flexibility index (Phi) is 4.11. The summed E-state index contributed by atoms with van der Waals surface area (Å²) in [6.45, 7) is 5.78. The third-order valence-corrected chi connectivity index (χ3v) is 4.46. The van der Waals surface area contributed by atoms with E-state index >= 15 is 0 Å². The molecule has 25 heavy (non-hydrogen) atoms. The number of rotatable bonds is 3. The predicted octanol–water partition coefficient (Wildman–Crippen LogP) is 2.65. The number of pyridine rings is 1. The van der Waals surface area contributed by atoms with E-state index in [9.17, 15) is 4.79 Å². The standard InChI is InChI=1S/C19H20N4O2/c1-13-3-2-6-21-18(13)22-16-11-14-4-5-15(12-17(14)25-19(16)24)23-9-7-20-8-10-23/h2-6,11-12,20H,7-10H2,1H3,(H,21,22). The highest BCUT2D eigenvalue weighted by molar-refractivity contribution is 5.83. The lowest BCUT2D eigenvalue weighted by atomic mass is 10.2. The number of aromatic nitrogens is 1. The summed E-state index contributed by atoms with van der Waals surface area (Å²) in [6.07, 6.45) is 1.69. The first-order chi connectivity index (χ1) is 12.2. The molecule has 0 spiro atoms. The lowest BCUT2D eigenvalue weighted by molar-refractivity contribution is 0.562. The average molecular weight is 336 g/mol. The van der Waals surface area contributed by atoms with Crippen LogP contribution in [0, 0.1) is 6.92 Å². The van der Waals surface area contributed by atoms with Gasteiger partial charge in [-0.2, -0.15) is 0 Å². The van der Waals surface area contributed by atoms with Gasteiger partial charge in [-0.25, -0.2) is 9.78 Å². The molecular formula is C19H20N4O2. The minimum Gasteiger partial charge on any atom is -0.421 e. The van der Waals surface area contributed by atoms with Crippen LogP contribution in [-0.4, -0.2) is 31.2 Å². The minimum atomic E-state index is -0.394. The van der Waals surface area contributed by atoms with Gasteiger partial charge < -0.3 is 20.0 Å². The maximum atomic E-state index is 12.4. The molecule has 0 radical (unpaired) electrons. The van der Waals surface area contributed by atoms with Gasteiger partial charge in [0.2, 0.25) is 0 Å². The zero-order valence-electron chi connectivity index (χ0n) is 14.1. The summed E-state index contributed by atoms with van der Waals surface area (Å²) in [6, 6.07) is 11.6. The summed E-state index contributed by atoms with van der Waals surface area (Å²) in [7, 11) is 0. The van der Waals surface area contributed by atoms with Crippen LogP contribution in [0.1, 0.15) is 5.56 Å². The average Bonchev–Trinajstić information content (AvgIpc) is 2.64. The highest BCUT2D eigenvalue weighted by atomic mass is 16.4. The second kappa shape index (κ2) is 6.57. The van der Waals surface area contributed by atoms with Crippen molar-refractivity contribution in [1.29, 1.82) is 0 Å². The molecule has 6 heteroatoms. The van der Waals surface area contributed by atoms with Gasteiger partial charge in [0, 0.05) is 49.5 Å². The summed E-state index contributed by atoms with van der Waals surface area (Å²) in [4.78, 5) is 18.9. The van der Waals surface area contributed by atoms with E-state index in [4.69, 9.17) is 4.42 Å². The quantitative estimate of drug-likeness (QED) is 0.717. The highest BCUT2D eigenvalue weighted by Gasteiger charge is 2.13. The molecule has 1 aliphatic rings. The summed E-state index contributed by atoms with van der Waals surface area (Å²) in [5, 5.41) is 7.30. The smallest absolute Gasteiger partial charge is 0.360 e. The number of hydrogen-bond donors (Lipinski definition) is 2. The van der Waals surface area contributed by atoms with E-state index in [2.05, 4.69) is 26.6 Å². The summed E-state index contributed by atoms with van der Waals surface area (Å²) >= 11 is 0. The van der Waals surface area contributed by atoms with E-state index in [1.165, 1.54) is 0 Å². The number of hydrogen-bond acceptors (Lipinski definition) is 6. The normalized spacial score (nSPS) is 14.7. The zero-order chi connectivity index (χ0) is 17.2. The van der Waals surface area contributed by atoms with Gasteiger partial charge in [-0.15, -0.1) is 0 Å². The Morgan fingerprint density at radius 1 is 1.20 bits per heavy atom. The molecule has 3 heterocycles. The molecule has 1 fully saturated rings. The first-order valence-electron chi connectivity index (χ1n) is 8.43. The lowest BCUT2D eigenvalue weighted by Crippen LogP contribution is -2.43. The van der Waals surface area contributed by atoms with Gasteiger partial charge in [-0.3, -0.25) is 0 Å². The van der Waals surface area contributed by atoms with Crippen LogP contribution in [0.4, 0.5) is 17.2 Å². The Morgan fingerprint density at radius 3 is 2.84 bits per heavy atom. The second-order valence-electron chi connectivity index (χ2n) is 6.20. The van der Waals surface area contributed by atoms with Crippen molar-refractivity contribution >= 4 is 28.2 Å². The molecule has 128 valence electrons. The van der Waals surface area contributed by atoms with Gasteiger partial charge in [0.25, 0.3) is 0 Å². The number of nitrogens with one attached hydrogen (secondary N) is 2. The van der Waals surface area contributed by atoms with Crippen LogP contribution in [0.5, 0.6) is 0 Å². The molecule has 1 saturated heterocycles. The maximum Gasteiger partial charge on any atom is 0.360 e. The van der Waals surface area contributed by atoms with Gasteiger partial charge in [-0.05, 0) is 36.8 Å². The van der Waals surface area contributed by atoms with Crippen molar-refractivity contribution in [2.45, 2.75) is 6.92 Å². The molecule has 2 aromatic heterocycles. The Balaban J connectivity index is 1.68. The number of nitrogens with zero attached hydrogens (tertiary/aromatic N) is 2. The predicted molar refractivity (Wildman–Crippen MR) is 99.8 cm³/mol. The van der Waals surface area contributed by atoms with Crippen molar-refractivity contribution < 1.29 is 4.42 Å². The van der Waals surface area contributed by atoms with E-state index in [0.29, 0.717) is 17.1 Å². The topological polar surface area (TPSA) is 70.4 Å². The van der Waals surface area contributed by atoms with Crippen molar-refractivity contribution in [2.75, 3.05) is 36.4 Å². The van der Waals surface area contributed by atoms with Gasteiger partial charge >= 0.3 is 5.63 Å². The van der Waals surface area contributed by atoms with E-state index in [0.717, 1.165) is 42.8 Å². The Morgan fingerprint density at radius 2 is 2.04 bits per heavy atom. The summed E-state index contributed by atoms with van der Waals surface area (Å²) < 4.78 is 5.55. The molecule has 0 saturated carbocycles. The third kappa shape index (κ3) is 3.21. The molecular weight excluding hydrogens is 316 g/mol. The largest absolute Gasteiger partial charge is 0.421 e. The third-order valence-electron chi connectivity index (χ3n) is 4.46. The van der Waals surface area contributed by atoms with Crippen LogP contribution in [0.2, 0.25) is 0 Å². The number of fused-ring (bicyclic) bond motifs is 1. The van der Waals surface area contributed by atoms with Gasteiger partial charge in [0.05, 0.1) is 0 Å². The van der Waals surface area contributed by atoms with Gasteiger partial charge in [0.1, 0.15) is 17.1 Å². The number of piperazine rings is 1. The molecule has 2 N–H and O–H groups in total. The number of benzene rings is 1. The van der Waals surface area contributed by atoms with Gasteiger partial charge in [-0.1, -0.05) is 6.07 Å². The van der Waals surface area contributed by atoms with Crippen LogP contribution in [0.15, 0.2) is 51.8 Å². The molecule has 1 aliphatic heterocycles. The number of aryl methyl sites for hydroxylation is 1. The Labute approximate surface area is 145 Å². The van der Waals surface area contributed by atoms with Crippen molar-refractivity contribution in [2.24, 2.45) is 0 Å². The van der Waals surface area contributed by atoms with Crippen molar-refractivity contribution in [3.05, 3.63) is 58.6 Å². The van der Waals surface area contributed by atoms with Crippen LogP contribution >= 0.6 is 0 Å². The number of anilines is 3. The van der Waals surface area contributed by atoms with E-state index in [1.54, 1.807) is 6.20 Å². The van der Waals surface area contributed by atoms with Crippen LogP contribution < -0.4 is 21.2 Å². The molecule has 0 aliphatic carbocycles. The monoisotopic (exact) mass is 336 g/mol. The van der Waals surface area contributed by atoms with Crippen LogP contribution in [0.3, 0.4) is 0 Å². The van der Waals surface area contributed by atoms with E-state index in [-0.39, 0.29) is 0 Å². The second-order valence-corrected chi connectivity index (χ2v) is 6.20. The molecule has 0 atom stereocenters. The molecule has 0 unspecified atom stereocenters. The Hall–Kier alpha value is -2.86. The van der Waals surface area contributed by atoms with Crippen molar-refractivity contribution in [3.63, 3.8) is 0 Å². The molecule has 3 aromatic rings. The van der Waals surface area contributed by atoms with Crippen LogP contribution in [-0.2, 0) is 0 Å². The van der Waals surface area contributed by atoms with E-state index < -0.39 is 5.63 Å². The first kappa shape index (κ1) is 15.7. The molecule has 4 rings (SSSR count). The summed E-state index contributed by atoms with van der Waals surface area (Å²) in [5.74, 6) is 0.659. The molecule has 0 amide bonds. The summed E-state index contributed by atoms with van der Waals surface area (Å²) in [5.41, 5.74) is 2.65. The van der Waals surface area contributed by atoms with Crippen LogP contribution in [0.25, 0.3) is 11.0 Å². The fourth-order valence-corrected chi connectivity index (χ4v) is 3.05. The first-order valence-corrected chi connectivity index (χ1v) is 8.43. The highest BCUT2D eigenvalue weighted by Crippen LogP contribution is 2.24. The Bertz CT molecular complexity index is 961. The van der Waals surface area contributed by atoms with Crippen molar-refractivity contribution in [1.82, 2.24) is 10.3 Å². The molecule has 0 bridgehead atoms. The lowest BCUT2D eigenvalue weighted by Gasteiger charge is -2.29. The molecule has 1 aromatic carbocycles. The SMILES string of the molecule is Cc1cccnc1Nc1cc2ccc(N3CCNCC3)cc2oc1=O. The fourth-order valence-electron chi connectivity index (χ4n) is 3.05. The fraction of sp³-hybridized carbons (Fsp3) is 0.263. The molecule has 6 nitrogen and oxygen atoms in total.